The van der Waals surface area contributed by atoms with Crippen LogP contribution in [0.25, 0.3) is 0 Å². The number of likely N-dealkylation sites (N-methyl/N-ethyl adjacent to an activating group) is 1. The summed E-state index contributed by atoms with van der Waals surface area (Å²) in [6.07, 6.45) is 2.53. The predicted octanol–water partition coefficient (Wildman–Crippen LogP) is 1.50. The van der Waals surface area contributed by atoms with Gasteiger partial charge in [-0.25, -0.2) is 9.37 Å². The number of fused-ring (bicyclic) bond motifs is 2. The van der Waals surface area contributed by atoms with Crippen molar-refractivity contribution in [2.75, 3.05) is 24.5 Å². The van der Waals surface area contributed by atoms with Crippen LogP contribution in [0.15, 0.2) is 18.3 Å². The van der Waals surface area contributed by atoms with Crippen LogP contribution in [0.5, 0.6) is 0 Å². The van der Waals surface area contributed by atoms with Gasteiger partial charge in [-0.1, -0.05) is 6.92 Å². The molecule has 0 radical (unpaired) electrons. The third kappa shape index (κ3) is 1.48. The van der Waals surface area contributed by atoms with Crippen molar-refractivity contribution in [1.29, 1.82) is 0 Å². The van der Waals surface area contributed by atoms with E-state index in [4.69, 9.17) is 0 Å². The largest absolute Gasteiger partial charge is 0.351 e. The number of hydrogen-bond donors (Lipinski definition) is 0. The highest BCUT2D eigenvalue weighted by Crippen LogP contribution is 2.33. The van der Waals surface area contributed by atoms with Gasteiger partial charge in [-0.2, -0.15) is 0 Å². The molecule has 0 spiro atoms. The van der Waals surface area contributed by atoms with E-state index in [0.717, 1.165) is 25.5 Å². The van der Waals surface area contributed by atoms with E-state index < -0.39 is 0 Å². The lowest BCUT2D eigenvalue weighted by atomic mass is 10.2. The Morgan fingerprint density at radius 1 is 1.38 bits per heavy atom. The smallest absolute Gasteiger partial charge is 0.141 e. The molecule has 3 rings (SSSR count). The molecule has 2 saturated heterocycles. The summed E-state index contributed by atoms with van der Waals surface area (Å²) in [4.78, 5) is 9.00. The fourth-order valence-corrected chi connectivity index (χ4v) is 2.96. The summed E-state index contributed by atoms with van der Waals surface area (Å²) in [5.74, 6) is 0.660. The molecule has 1 aromatic rings. The van der Waals surface area contributed by atoms with Gasteiger partial charge in [0.1, 0.15) is 11.6 Å². The molecule has 0 N–H and O–H groups in total. The molecule has 2 aliphatic rings. The molecule has 2 fully saturated rings. The van der Waals surface area contributed by atoms with Gasteiger partial charge >= 0.3 is 0 Å². The van der Waals surface area contributed by atoms with E-state index in [9.17, 15) is 4.39 Å². The molecule has 16 heavy (non-hydrogen) atoms. The molecule has 3 heterocycles. The maximum atomic E-state index is 12.8. The SMILES string of the molecule is CCN1CC2CC1CN2c1ccc(F)cn1. The summed E-state index contributed by atoms with van der Waals surface area (Å²) in [6.45, 7) is 5.50. The minimum atomic E-state index is -0.261. The molecule has 2 bridgehead atoms. The van der Waals surface area contributed by atoms with E-state index in [-0.39, 0.29) is 5.82 Å². The maximum absolute atomic E-state index is 12.8. The number of pyridine rings is 1. The summed E-state index contributed by atoms with van der Waals surface area (Å²) < 4.78 is 12.8. The van der Waals surface area contributed by atoms with Gasteiger partial charge in [0, 0.05) is 25.2 Å². The van der Waals surface area contributed by atoms with Gasteiger partial charge < -0.3 is 4.90 Å². The Morgan fingerprint density at radius 2 is 2.25 bits per heavy atom. The van der Waals surface area contributed by atoms with Gasteiger partial charge in [-0.3, -0.25) is 4.90 Å². The second kappa shape index (κ2) is 3.70. The fourth-order valence-electron chi connectivity index (χ4n) is 2.96. The Kier molecular flexibility index (Phi) is 2.32. The van der Waals surface area contributed by atoms with Gasteiger partial charge in [0.15, 0.2) is 0 Å². The molecule has 2 atom stereocenters. The minimum absolute atomic E-state index is 0.261. The van der Waals surface area contributed by atoms with Crippen molar-refractivity contribution in [3.8, 4) is 0 Å². The predicted molar refractivity (Wildman–Crippen MR) is 61.0 cm³/mol. The summed E-state index contributed by atoms with van der Waals surface area (Å²) in [7, 11) is 0. The normalized spacial score (nSPS) is 29.0. The highest BCUT2D eigenvalue weighted by molar-refractivity contribution is 5.43. The molecule has 3 nitrogen and oxygen atoms in total. The minimum Gasteiger partial charge on any atom is -0.351 e. The molecule has 2 aliphatic heterocycles. The molecule has 0 aromatic carbocycles. The van der Waals surface area contributed by atoms with Crippen LogP contribution < -0.4 is 4.90 Å². The summed E-state index contributed by atoms with van der Waals surface area (Å²) in [5, 5.41) is 0. The Morgan fingerprint density at radius 3 is 2.81 bits per heavy atom. The molecule has 1 aromatic heterocycles. The Balaban J connectivity index is 1.77. The highest BCUT2D eigenvalue weighted by Gasteiger charge is 2.42. The number of halogens is 1. The molecule has 0 saturated carbocycles. The molecular weight excluding hydrogens is 205 g/mol. The zero-order valence-corrected chi connectivity index (χ0v) is 9.43. The van der Waals surface area contributed by atoms with E-state index >= 15 is 0 Å². The van der Waals surface area contributed by atoms with Gasteiger partial charge in [0.2, 0.25) is 0 Å². The first-order chi connectivity index (χ1) is 7.78. The number of aromatic nitrogens is 1. The van der Waals surface area contributed by atoms with Crippen LogP contribution in [0.4, 0.5) is 10.2 Å². The van der Waals surface area contributed by atoms with Crippen molar-refractivity contribution in [2.45, 2.75) is 25.4 Å². The van der Waals surface area contributed by atoms with Gasteiger partial charge in [0.05, 0.1) is 6.20 Å². The number of likely N-dealkylation sites (tertiary alicyclic amines) is 1. The second-order valence-electron chi connectivity index (χ2n) is 4.62. The summed E-state index contributed by atoms with van der Waals surface area (Å²) >= 11 is 0. The lowest BCUT2D eigenvalue weighted by Gasteiger charge is -2.34. The molecule has 4 heteroatoms. The van der Waals surface area contributed by atoms with Crippen LogP contribution in [-0.4, -0.2) is 41.6 Å². The number of nitrogens with zero attached hydrogens (tertiary/aromatic N) is 3. The summed E-state index contributed by atoms with van der Waals surface area (Å²) in [5.41, 5.74) is 0. The first-order valence-electron chi connectivity index (χ1n) is 5.90. The quantitative estimate of drug-likeness (QED) is 0.754. The van der Waals surface area contributed by atoms with Gasteiger partial charge in [0.25, 0.3) is 0 Å². The number of hydrogen-bond acceptors (Lipinski definition) is 3. The van der Waals surface area contributed by atoms with Crippen LogP contribution in [0, 0.1) is 5.82 Å². The monoisotopic (exact) mass is 221 g/mol. The number of anilines is 1. The van der Waals surface area contributed by atoms with E-state index in [1.807, 2.05) is 0 Å². The van der Waals surface area contributed by atoms with Crippen molar-refractivity contribution >= 4 is 5.82 Å². The standard InChI is InChI=1S/C12H16FN3/c1-2-15-7-11-5-10(15)8-16(11)12-4-3-9(13)6-14-12/h3-4,6,10-11H,2,5,7-8H2,1H3. The van der Waals surface area contributed by atoms with E-state index in [1.54, 1.807) is 6.07 Å². The molecule has 0 amide bonds. The van der Waals surface area contributed by atoms with Crippen LogP contribution in [0.1, 0.15) is 13.3 Å². The van der Waals surface area contributed by atoms with Crippen molar-refractivity contribution in [3.63, 3.8) is 0 Å². The molecule has 0 aliphatic carbocycles. The maximum Gasteiger partial charge on any atom is 0.141 e. The van der Waals surface area contributed by atoms with Crippen molar-refractivity contribution in [3.05, 3.63) is 24.1 Å². The van der Waals surface area contributed by atoms with Gasteiger partial charge in [-0.15, -0.1) is 0 Å². The second-order valence-corrected chi connectivity index (χ2v) is 4.62. The zero-order valence-electron chi connectivity index (χ0n) is 9.43. The third-order valence-electron chi connectivity index (χ3n) is 3.77. The lowest BCUT2D eigenvalue weighted by molar-refractivity contribution is 0.251. The Bertz CT molecular complexity index is 378. The number of rotatable bonds is 2. The van der Waals surface area contributed by atoms with Crippen LogP contribution in [0.2, 0.25) is 0 Å². The first-order valence-corrected chi connectivity index (χ1v) is 5.90. The molecular formula is C12H16FN3. The Labute approximate surface area is 94.9 Å². The molecule has 2 unspecified atom stereocenters. The zero-order chi connectivity index (χ0) is 11.1. The Hall–Kier alpha value is -1.16. The molecule has 86 valence electrons. The van der Waals surface area contributed by atoms with Crippen LogP contribution in [-0.2, 0) is 0 Å². The summed E-state index contributed by atoms with van der Waals surface area (Å²) in [6, 6.07) is 4.52. The van der Waals surface area contributed by atoms with Crippen molar-refractivity contribution in [2.24, 2.45) is 0 Å². The average molecular weight is 221 g/mol. The van der Waals surface area contributed by atoms with Crippen molar-refractivity contribution < 1.29 is 4.39 Å². The first kappa shape index (κ1) is 10.0. The van der Waals surface area contributed by atoms with E-state index in [1.165, 1.54) is 18.7 Å². The highest BCUT2D eigenvalue weighted by atomic mass is 19.1. The lowest BCUT2D eigenvalue weighted by Crippen LogP contribution is -2.46. The van der Waals surface area contributed by atoms with E-state index in [0.29, 0.717) is 12.1 Å². The van der Waals surface area contributed by atoms with Crippen molar-refractivity contribution in [1.82, 2.24) is 9.88 Å². The van der Waals surface area contributed by atoms with E-state index in [2.05, 4.69) is 21.7 Å². The van der Waals surface area contributed by atoms with Gasteiger partial charge in [-0.05, 0) is 25.1 Å². The fraction of sp³-hybridized carbons (Fsp3) is 0.583. The average Bonchev–Trinajstić information content (AvgIpc) is 2.88. The topological polar surface area (TPSA) is 19.4 Å². The number of piperazine rings is 1. The third-order valence-corrected chi connectivity index (χ3v) is 3.77. The van der Waals surface area contributed by atoms with Crippen LogP contribution >= 0.6 is 0 Å². The van der Waals surface area contributed by atoms with Crippen LogP contribution in [0.3, 0.4) is 0 Å².